The number of imide groups is 1. The van der Waals surface area contributed by atoms with Gasteiger partial charge < -0.3 is 5.32 Å². The molecule has 3 amide bonds. The fraction of sp³-hybridized carbons (Fsp3) is 0.160. The van der Waals surface area contributed by atoms with Crippen molar-refractivity contribution in [2.24, 2.45) is 0 Å². The lowest BCUT2D eigenvalue weighted by Gasteiger charge is -2.14. The van der Waals surface area contributed by atoms with Gasteiger partial charge in [-0.1, -0.05) is 36.4 Å². The predicted octanol–water partition coefficient (Wildman–Crippen LogP) is 5.21. The Labute approximate surface area is 194 Å². The normalized spacial score (nSPS) is 15.8. The number of amides is 3. The Balaban J connectivity index is 1.25. The van der Waals surface area contributed by atoms with Crippen molar-refractivity contribution in [3.05, 3.63) is 101 Å². The summed E-state index contributed by atoms with van der Waals surface area (Å²) in [5, 5.41) is 2.96. The third-order valence-corrected chi connectivity index (χ3v) is 8.58. The number of fused-ring (bicyclic) bond motifs is 1. The van der Waals surface area contributed by atoms with E-state index >= 15 is 0 Å². The van der Waals surface area contributed by atoms with Crippen molar-refractivity contribution in [2.75, 3.05) is 16.8 Å². The molecule has 0 spiro atoms. The average Bonchev–Trinajstić information content (AvgIpc) is 3.44. The molecule has 0 unspecified atom stereocenters. The van der Waals surface area contributed by atoms with Gasteiger partial charge in [0.05, 0.1) is 22.3 Å². The maximum atomic E-state index is 12.7. The number of anilines is 1. The van der Waals surface area contributed by atoms with Crippen LogP contribution in [0.25, 0.3) is 0 Å². The van der Waals surface area contributed by atoms with E-state index in [1.165, 1.54) is 10.5 Å². The SMILES string of the molecule is O=C(Nc1cccc(C2SCCS2)c1)c1ccc(CN2C(=O)c3ccccc3C2=O)cc1. The third-order valence-electron chi connectivity index (χ3n) is 5.47. The molecule has 0 saturated carbocycles. The van der Waals surface area contributed by atoms with Gasteiger partial charge in [-0.2, -0.15) is 0 Å². The van der Waals surface area contributed by atoms with Crippen LogP contribution in [0.1, 0.15) is 46.8 Å². The lowest BCUT2D eigenvalue weighted by Crippen LogP contribution is -2.29. The largest absolute Gasteiger partial charge is 0.322 e. The number of hydrogen-bond donors (Lipinski definition) is 1. The minimum Gasteiger partial charge on any atom is -0.322 e. The number of thioether (sulfide) groups is 2. The van der Waals surface area contributed by atoms with E-state index in [0.29, 0.717) is 21.3 Å². The molecule has 0 bridgehead atoms. The van der Waals surface area contributed by atoms with E-state index in [1.807, 2.05) is 41.7 Å². The molecule has 0 aliphatic carbocycles. The lowest BCUT2D eigenvalue weighted by molar-refractivity contribution is 0.0642. The minimum atomic E-state index is -0.286. The first-order chi connectivity index (χ1) is 15.6. The first-order valence-electron chi connectivity index (χ1n) is 10.3. The van der Waals surface area contributed by atoms with E-state index in [0.717, 1.165) is 22.8 Å². The van der Waals surface area contributed by atoms with E-state index in [-0.39, 0.29) is 24.3 Å². The maximum Gasteiger partial charge on any atom is 0.261 e. The van der Waals surface area contributed by atoms with Gasteiger partial charge in [-0.15, -0.1) is 23.5 Å². The number of rotatable bonds is 5. The number of benzene rings is 3. The van der Waals surface area contributed by atoms with Gasteiger partial charge in [-0.25, -0.2) is 0 Å². The van der Waals surface area contributed by atoms with E-state index in [2.05, 4.69) is 11.4 Å². The van der Waals surface area contributed by atoms with Gasteiger partial charge in [0, 0.05) is 22.8 Å². The Morgan fingerprint density at radius 2 is 1.53 bits per heavy atom. The molecule has 1 N–H and O–H groups in total. The molecule has 7 heteroatoms. The number of nitrogens with one attached hydrogen (secondary N) is 1. The summed E-state index contributed by atoms with van der Waals surface area (Å²) in [4.78, 5) is 39.1. The van der Waals surface area contributed by atoms with Gasteiger partial charge in [0.25, 0.3) is 17.7 Å². The second kappa shape index (κ2) is 8.84. The van der Waals surface area contributed by atoms with Crippen LogP contribution in [0.4, 0.5) is 5.69 Å². The van der Waals surface area contributed by atoms with Crippen LogP contribution in [0, 0.1) is 0 Å². The smallest absolute Gasteiger partial charge is 0.261 e. The fourth-order valence-corrected chi connectivity index (χ4v) is 6.68. The van der Waals surface area contributed by atoms with Crippen molar-refractivity contribution in [1.82, 2.24) is 4.90 Å². The second-order valence-corrected chi connectivity index (χ2v) is 10.3. The molecule has 3 aromatic carbocycles. The average molecular weight is 461 g/mol. The second-order valence-electron chi connectivity index (χ2n) is 7.59. The first kappa shape index (κ1) is 20.8. The molecule has 0 aromatic heterocycles. The van der Waals surface area contributed by atoms with Crippen LogP contribution in [0.2, 0.25) is 0 Å². The summed E-state index contributed by atoms with van der Waals surface area (Å²) in [7, 11) is 0. The van der Waals surface area contributed by atoms with Gasteiger partial charge in [0.2, 0.25) is 0 Å². The standard InChI is InChI=1S/C25H20N2O3S2/c28-22(26-19-5-3-4-18(14-19)25-31-12-13-32-25)17-10-8-16(9-11-17)15-27-23(29)20-6-1-2-7-21(20)24(27)30/h1-11,14,25H,12-13,15H2,(H,26,28). The van der Waals surface area contributed by atoms with Crippen molar-refractivity contribution in [3.63, 3.8) is 0 Å². The number of carbonyl (C=O) groups is 3. The molecular weight excluding hydrogens is 440 g/mol. The molecule has 5 rings (SSSR count). The summed E-state index contributed by atoms with van der Waals surface area (Å²) < 4.78 is 0.424. The molecule has 32 heavy (non-hydrogen) atoms. The van der Waals surface area contributed by atoms with Crippen LogP contribution in [0.15, 0.2) is 72.8 Å². The van der Waals surface area contributed by atoms with E-state index in [9.17, 15) is 14.4 Å². The van der Waals surface area contributed by atoms with Gasteiger partial charge in [-0.3, -0.25) is 19.3 Å². The maximum absolute atomic E-state index is 12.7. The zero-order chi connectivity index (χ0) is 22.1. The monoisotopic (exact) mass is 460 g/mol. The predicted molar refractivity (Wildman–Crippen MR) is 129 cm³/mol. The Morgan fingerprint density at radius 3 is 2.19 bits per heavy atom. The van der Waals surface area contributed by atoms with Crippen LogP contribution in [-0.2, 0) is 6.54 Å². The summed E-state index contributed by atoms with van der Waals surface area (Å²) in [6.07, 6.45) is 0. The summed E-state index contributed by atoms with van der Waals surface area (Å²) in [6.45, 7) is 0.174. The Bertz CT molecular complexity index is 1170. The highest BCUT2D eigenvalue weighted by atomic mass is 32.2. The van der Waals surface area contributed by atoms with Crippen LogP contribution in [0.5, 0.6) is 0 Å². The summed E-state index contributed by atoms with van der Waals surface area (Å²) in [5.41, 5.74) is 4.16. The highest BCUT2D eigenvalue weighted by molar-refractivity contribution is 8.19. The molecule has 0 atom stereocenters. The molecule has 2 aliphatic rings. The molecule has 1 saturated heterocycles. The number of hydrogen-bond acceptors (Lipinski definition) is 5. The fourth-order valence-electron chi connectivity index (χ4n) is 3.84. The minimum absolute atomic E-state index is 0.174. The lowest BCUT2D eigenvalue weighted by atomic mass is 10.1. The molecule has 2 heterocycles. The van der Waals surface area contributed by atoms with Crippen molar-refractivity contribution in [1.29, 1.82) is 0 Å². The summed E-state index contributed by atoms with van der Waals surface area (Å²) in [6, 6.07) is 21.8. The van der Waals surface area contributed by atoms with Crippen molar-refractivity contribution >= 4 is 46.9 Å². The van der Waals surface area contributed by atoms with Gasteiger partial charge >= 0.3 is 0 Å². The van der Waals surface area contributed by atoms with Crippen LogP contribution in [-0.4, -0.2) is 34.1 Å². The van der Waals surface area contributed by atoms with Gasteiger partial charge in [0.1, 0.15) is 0 Å². The van der Waals surface area contributed by atoms with Crippen LogP contribution >= 0.6 is 23.5 Å². The van der Waals surface area contributed by atoms with E-state index in [1.54, 1.807) is 48.5 Å². The quantitative estimate of drug-likeness (QED) is 0.529. The highest BCUT2D eigenvalue weighted by Crippen LogP contribution is 2.45. The van der Waals surface area contributed by atoms with Crippen LogP contribution in [0.3, 0.4) is 0 Å². The Kier molecular flexibility index (Phi) is 5.76. The molecule has 0 radical (unpaired) electrons. The third kappa shape index (κ3) is 4.06. The zero-order valence-corrected chi connectivity index (χ0v) is 18.7. The van der Waals surface area contributed by atoms with Gasteiger partial charge in [-0.05, 0) is 47.5 Å². The number of carbonyl (C=O) groups excluding carboxylic acids is 3. The summed E-state index contributed by atoms with van der Waals surface area (Å²) >= 11 is 3.86. The number of nitrogens with zero attached hydrogens (tertiary/aromatic N) is 1. The zero-order valence-electron chi connectivity index (χ0n) is 17.1. The Morgan fingerprint density at radius 1 is 0.875 bits per heavy atom. The van der Waals surface area contributed by atoms with Crippen molar-refractivity contribution in [3.8, 4) is 0 Å². The topological polar surface area (TPSA) is 66.5 Å². The molecule has 5 nitrogen and oxygen atoms in total. The van der Waals surface area contributed by atoms with Crippen LogP contribution < -0.4 is 5.32 Å². The molecule has 3 aromatic rings. The Hall–Kier alpha value is -3.03. The summed E-state index contributed by atoms with van der Waals surface area (Å²) in [5.74, 6) is 1.54. The molecule has 1 fully saturated rings. The molecular formula is C25H20N2O3S2. The van der Waals surface area contributed by atoms with Crippen molar-refractivity contribution in [2.45, 2.75) is 11.1 Å². The first-order valence-corrected chi connectivity index (χ1v) is 12.4. The van der Waals surface area contributed by atoms with Gasteiger partial charge in [0.15, 0.2) is 0 Å². The van der Waals surface area contributed by atoms with E-state index in [4.69, 9.17) is 0 Å². The molecule has 2 aliphatic heterocycles. The van der Waals surface area contributed by atoms with E-state index < -0.39 is 0 Å². The highest BCUT2D eigenvalue weighted by Gasteiger charge is 2.34. The van der Waals surface area contributed by atoms with Crippen molar-refractivity contribution < 1.29 is 14.4 Å². The molecule has 160 valence electrons.